The van der Waals surface area contributed by atoms with Gasteiger partial charge in [0.05, 0.1) is 14.2 Å². The quantitative estimate of drug-likeness (QED) is 0.279. The maximum atomic E-state index is 14.3. The van der Waals surface area contributed by atoms with Gasteiger partial charge in [-0.25, -0.2) is 18.4 Å². The van der Waals surface area contributed by atoms with Gasteiger partial charge in [0.15, 0.2) is 11.6 Å². The van der Waals surface area contributed by atoms with Crippen molar-refractivity contribution < 1.29 is 36.2 Å². The Labute approximate surface area is 233 Å². The van der Waals surface area contributed by atoms with Crippen LogP contribution in [-0.4, -0.2) is 73.7 Å². The lowest BCUT2D eigenvalue weighted by atomic mass is 9.98. The number of methoxy groups -OCH3 is 2. The molecule has 17 heteroatoms. The molecule has 220 valence electrons. The molecule has 0 amide bonds. The summed E-state index contributed by atoms with van der Waals surface area (Å²) in [5, 5.41) is 20.7. The van der Waals surface area contributed by atoms with E-state index in [0.717, 1.165) is 12.4 Å². The molecule has 2 atom stereocenters. The number of ether oxygens (including phenoxy) is 2. The lowest BCUT2D eigenvalue weighted by Crippen LogP contribution is -2.55. The highest BCUT2D eigenvalue weighted by atomic mass is 32.2. The first kappa shape index (κ1) is 29.7. The minimum atomic E-state index is -5.48. The van der Waals surface area contributed by atoms with E-state index in [4.69, 9.17) is 9.47 Å². The number of benzene rings is 1. The number of anilines is 1. The van der Waals surface area contributed by atoms with Crippen molar-refractivity contribution in [2.45, 2.75) is 44.3 Å². The first-order valence-electron chi connectivity index (χ1n) is 12.1. The van der Waals surface area contributed by atoms with Crippen molar-refractivity contribution in [3.8, 4) is 28.7 Å². The van der Waals surface area contributed by atoms with E-state index in [1.807, 2.05) is 6.92 Å². The largest absolute Gasteiger partial charge is 0.494 e. The number of hydrogen-bond donors (Lipinski definition) is 2. The second-order valence-electron chi connectivity index (χ2n) is 8.89. The monoisotopic (exact) mass is 596 g/mol. The van der Waals surface area contributed by atoms with Crippen molar-refractivity contribution >= 4 is 16.0 Å². The van der Waals surface area contributed by atoms with E-state index in [1.165, 1.54) is 25.7 Å². The number of aromatic nitrogens is 7. The molecular weight excluding hydrogens is 569 g/mol. The third-order valence-electron chi connectivity index (χ3n) is 6.32. The highest BCUT2D eigenvalue weighted by molar-refractivity contribution is 7.93. The molecule has 0 fully saturated rings. The van der Waals surface area contributed by atoms with Crippen LogP contribution in [0, 0.1) is 6.92 Å². The summed E-state index contributed by atoms with van der Waals surface area (Å²) in [6.07, 6.45) is -1.74. The van der Waals surface area contributed by atoms with Gasteiger partial charge in [0, 0.05) is 25.1 Å². The smallest absolute Gasteiger partial charge is 0.426 e. The molecule has 2 unspecified atom stereocenters. The molecule has 0 aliphatic heterocycles. The summed E-state index contributed by atoms with van der Waals surface area (Å²) in [6.45, 7) is 4.58. The Morgan fingerprint density at radius 1 is 1.07 bits per heavy atom. The lowest BCUT2D eigenvalue weighted by molar-refractivity contribution is -0.268. The van der Waals surface area contributed by atoms with Crippen LogP contribution >= 0.6 is 0 Å². The summed E-state index contributed by atoms with van der Waals surface area (Å²) in [5.41, 5.74) is -3.17. The van der Waals surface area contributed by atoms with Crippen molar-refractivity contribution in [2.75, 3.05) is 18.9 Å². The molecule has 0 saturated carbocycles. The lowest BCUT2D eigenvalue weighted by Gasteiger charge is -2.33. The van der Waals surface area contributed by atoms with Crippen LogP contribution in [0.2, 0.25) is 0 Å². The van der Waals surface area contributed by atoms with Gasteiger partial charge in [0.1, 0.15) is 28.1 Å². The van der Waals surface area contributed by atoms with E-state index >= 15 is 0 Å². The minimum Gasteiger partial charge on any atom is -0.494 e. The Kier molecular flexibility index (Phi) is 7.95. The molecule has 3 aromatic heterocycles. The Balaban J connectivity index is 1.90. The minimum absolute atomic E-state index is 0.0262. The predicted molar refractivity (Wildman–Crippen MR) is 140 cm³/mol. The summed E-state index contributed by atoms with van der Waals surface area (Å²) in [4.78, 5) is 7.15. The second-order valence-corrected chi connectivity index (χ2v) is 10.9. The molecule has 0 radical (unpaired) electrons. The zero-order chi connectivity index (χ0) is 30.2. The number of hydrogen-bond acceptors (Lipinski definition) is 10. The van der Waals surface area contributed by atoms with Crippen molar-refractivity contribution in [2.24, 2.45) is 0 Å². The van der Waals surface area contributed by atoms with E-state index in [-0.39, 0.29) is 28.7 Å². The van der Waals surface area contributed by atoms with Gasteiger partial charge in [-0.2, -0.15) is 18.3 Å². The van der Waals surface area contributed by atoms with Gasteiger partial charge in [-0.05, 0) is 44.5 Å². The summed E-state index contributed by atoms with van der Waals surface area (Å²) < 4.78 is 85.8. The number of aryl methyl sites for hydroxylation is 2. The summed E-state index contributed by atoms with van der Waals surface area (Å²) in [5.74, 6) is -1.22. The van der Waals surface area contributed by atoms with Crippen LogP contribution in [0.25, 0.3) is 17.2 Å². The third kappa shape index (κ3) is 5.29. The highest BCUT2D eigenvalue weighted by Gasteiger charge is 2.64. The molecule has 3 heterocycles. The molecule has 0 aliphatic rings. The average Bonchev–Trinajstić information content (AvgIpc) is 3.58. The number of alkyl halides is 3. The number of halogens is 3. The van der Waals surface area contributed by atoms with E-state index in [2.05, 4.69) is 30.0 Å². The molecule has 4 aromatic rings. The molecule has 13 nitrogen and oxygen atoms in total. The normalized spacial score (nSPS) is 14.4. The van der Waals surface area contributed by atoms with Crippen LogP contribution in [0.4, 0.5) is 19.1 Å². The fourth-order valence-corrected chi connectivity index (χ4v) is 5.26. The fourth-order valence-electron chi connectivity index (χ4n) is 4.01. The van der Waals surface area contributed by atoms with Crippen molar-refractivity contribution in [1.29, 1.82) is 0 Å². The number of nitrogens with one attached hydrogen (secondary N) is 1. The van der Waals surface area contributed by atoms with Gasteiger partial charge in [-0.1, -0.05) is 6.07 Å². The predicted octanol–water partition coefficient (Wildman–Crippen LogP) is 2.85. The third-order valence-corrected chi connectivity index (χ3v) is 8.06. The molecule has 1 aromatic carbocycles. The highest BCUT2D eigenvalue weighted by Crippen LogP contribution is 2.43. The molecule has 2 N–H and O–H groups in total. The van der Waals surface area contributed by atoms with Crippen molar-refractivity contribution in [3.63, 3.8) is 0 Å². The molecule has 41 heavy (non-hydrogen) atoms. The first-order valence-corrected chi connectivity index (χ1v) is 13.6. The second kappa shape index (κ2) is 11.0. The van der Waals surface area contributed by atoms with Crippen LogP contribution in [-0.2, 0) is 22.2 Å². The van der Waals surface area contributed by atoms with Crippen LogP contribution in [0.1, 0.15) is 25.2 Å². The number of nitrogens with zero attached hydrogens (tertiary/aromatic N) is 7. The molecule has 0 aliphatic carbocycles. The van der Waals surface area contributed by atoms with Crippen LogP contribution in [0.15, 0.2) is 42.9 Å². The summed E-state index contributed by atoms with van der Waals surface area (Å²) in [7, 11) is -2.35. The summed E-state index contributed by atoms with van der Waals surface area (Å²) in [6, 6.07) is 6.34. The van der Waals surface area contributed by atoms with E-state index < -0.39 is 38.8 Å². The molecule has 0 bridgehead atoms. The van der Waals surface area contributed by atoms with Gasteiger partial charge in [0.25, 0.3) is 0 Å². The van der Waals surface area contributed by atoms with Crippen molar-refractivity contribution in [1.82, 2.24) is 34.5 Å². The van der Waals surface area contributed by atoms with Crippen LogP contribution in [0.3, 0.4) is 0 Å². The van der Waals surface area contributed by atoms with Gasteiger partial charge in [-0.15, -0.1) is 10.2 Å². The Morgan fingerprint density at radius 2 is 1.68 bits per heavy atom. The van der Waals surface area contributed by atoms with Crippen LogP contribution in [0.5, 0.6) is 11.5 Å². The van der Waals surface area contributed by atoms with E-state index in [1.54, 1.807) is 35.1 Å². The standard InChI is InChI=1S/C24H27F3N8O5S/c1-6-34-11-10-16(32-34)20-30-31-22(35(20)19-17(39-4)8-7-9-18(19)40-5)33-41(37,38)15(3)23(36,24(25,26)27)21-28-12-14(2)13-29-21/h7-13,15,36H,6H2,1-5H3,(H,31,33). The SMILES string of the molecule is CCn1ccc(-c2nnc(NS(=O)(=O)C(C)C(O)(c3ncc(C)cn3)C(F)(F)F)n2-c2c(OC)cccc2OC)n1. The van der Waals surface area contributed by atoms with Gasteiger partial charge >= 0.3 is 6.18 Å². The molecule has 0 saturated heterocycles. The molecule has 4 rings (SSSR count). The first-order chi connectivity index (χ1) is 19.3. The van der Waals surface area contributed by atoms with E-state index in [0.29, 0.717) is 19.0 Å². The molecule has 0 spiro atoms. The fraction of sp³-hybridized carbons (Fsp3) is 0.375. The maximum absolute atomic E-state index is 14.3. The zero-order valence-corrected chi connectivity index (χ0v) is 23.4. The average molecular weight is 597 g/mol. The number of aliphatic hydroxyl groups is 1. The van der Waals surface area contributed by atoms with E-state index in [9.17, 15) is 26.7 Å². The molecular formula is C24H27F3N8O5S. The van der Waals surface area contributed by atoms with Crippen molar-refractivity contribution in [3.05, 3.63) is 54.2 Å². The summed E-state index contributed by atoms with van der Waals surface area (Å²) >= 11 is 0. The van der Waals surface area contributed by atoms with Gasteiger partial charge < -0.3 is 14.6 Å². The number of para-hydroxylation sites is 1. The Bertz CT molecular complexity index is 1620. The number of sulfonamides is 1. The van der Waals surface area contributed by atoms with Crippen LogP contribution < -0.4 is 14.2 Å². The Hall–Kier alpha value is -4.25. The zero-order valence-electron chi connectivity index (χ0n) is 22.6. The number of rotatable bonds is 10. The topological polar surface area (TPSA) is 159 Å². The van der Waals surface area contributed by atoms with Gasteiger partial charge in [0.2, 0.25) is 21.6 Å². The van der Waals surface area contributed by atoms with Gasteiger partial charge in [-0.3, -0.25) is 14.0 Å². The Morgan fingerprint density at radius 3 is 2.20 bits per heavy atom. The maximum Gasteiger partial charge on any atom is 0.426 e.